The first-order valence-corrected chi connectivity index (χ1v) is 8.48. The van der Waals surface area contributed by atoms with Gasteiger partial charge >= 0.3 is 0 Å². The number of aliphatic hydroxyl groups is 1. The number of amides is 1. The Labute approximate surface area is 142 Å². The van der Waals surface area contributed by atoms with Crippen LogP contribution in [0.3, 0.4) is 0 Å². The molecular formula is C18H24N4O2. The van der Waals surface area contributed by atoms with Crippen molar-refractivity contribution < 1.29 is 9.90 Å². The van der Waals surface area contributed by atoms with Gasteiger partial charge in [-0.2, -0.15) is 5.10 Å². The lowest BCUT2D eigenvalue weighted by atomic mass is 10.1. The minimum absolute atomic E-state index is 0.0664. The molecule has 1 fully saturated rings. The standard InChI is InChI=1S/C18H24N4O2/c1-13(2)22-17(15-5-6-15)16(11-20-22)18(24)21(8-9-23)12-14-4-3-7-19-10-14/h3-4,7,10-11,13,15,23H,5-6,8-9,12H2,1-2H3. The minimum Gasteiger partial charge on any atom is -0.395 e. The van der Waals surface area contributed by atoms with Crippen molar-refractivity contribution in [3.8, 4) is 0 Å². The van der Waals surface area contributed by atoms with Crippen LogP contribution >= 0.6 is 0 Å². The van der Waals surface area contributed by atoms with Crippen molar-refractivity contribution >= 4 is 5.91 Å². The molecule has 128 valence electrons. The van der Waals surface area contributed by atoms with Gasteiger partial charge in [0.15, 0.2) is 0 Å². The Hall–Kier alpha value is -2.21. The molecule has 0 spiro atoms. The lowest BCUT2D eigenvalue weighted by Gasteiger charge is -2.22. The van der Waals surface area contributed by atoms with E-state index in [-0.39, 0.29) is 18.6 Å². The predicted octanol–water partition coefficient (Wildman–Crippen LogP) is 2.37. The third-order valence-corrected chi connectivity index (χ3v) is 4.27. The monoisotopic (exact) mass is 328 g/mol. The molecule has 0 saturated heterocycles. The zero-order chi connectivity index (χ0) is 17.1. The number of rotatable bonds is 7. The van der Waals surface area contributed by atoms with E-state index in [9.17, 15) is 9.90 Å². The minimum atomic E-state index is -0.0679. The molecule has 0 radical (unpaired) electrons. The Morgan fingerprint density at radius 3 is 2.79 bits per heavy atom. The van der Waals surface area contributed by atoms with Crippen molar-refractivity contribution in [3.05, 3.63) is 47.5 Å². The van der Waals surface area contributed by atoms with Crippen molar-refractivity contribution in [2.45, 2.75) is 45.2 Å². The van der Waals surface area contributed by atoms with Crippen LogP contribution in [0.4, 0.5) is 0 Å². The molecule has 3 rings (SSSR count). The van der Waals surface area contributed by atoms with E-state index in [4.69, 9.17) is 0 Å². The van der Waals surface area contributed by atoms with Gasteiger partial charge in [-0.15, -0.1) is 0 Å². The smallest absolute Gasteiger partial charge is 0.257 e. The van der Waals surface area contributed by atoms with Crippen LogP contribution in [-0.2, 0) is 6.54 Å². The third kappa shape index (κ3) is 3.48. The maximum Gasteiger partial charge on any atom is 0.257 e. The fourth-order valence-electron chi connectivity index (χ4n) is 2.97. The van der Waals surface area contributed by atoms with Crippen molar-refractivity contribution in [1.82, 2.24) is 19.7 Å². The first-order valence-electron chi connectivity index (χ1n) is 8.48. The number of hydrogen-bond donors (Lipinski definition) is 1. The molecule has 0 atom stereocenters. The highest BCUT2D eigenvalue weighted by molar-refractivity contribution is 5.95. The van der Waals surface area contributed by atoms with Crippen LogP contribution in [0.1, 0.15) is 60.3 Å². The van der Waals surface area contributed by atoms with Gasteiger partial charge in [0.1, 0.15) is 0 Å². The van der Waals surface area contributed by atoms with Crippen LogP contribution in [0.25, 0.3) is 0 Å². The highest BCUT2D eigenvalue weighted by Crippen LogP contribution is 2.42. The molecule has 2 heterocycles. The Bertz CT molecular complexity index is 692. The number of pyridine rings is 1. The summed E-state index contributed by atoms with van der Waals surface area (Å²) in [5, 5.41) is 13.8. The van der Waals surface area contributed by atoms with Gasteiger partial charge in [0, 0.05) is 37.4 Å². The van der Waals surface area contributed by atoms with E-state index < -0.39 is 0 Å². The van der Waals surface area contributed by atoms with Gasteiger partial charge in [0.2, 0.25) is 0 Å². The van der Waals surface area contributed by atoms with Gasteiger partial charge in [-0.3, -0.25) is 14.5 Å². The van der Waals surface area contributed by atoms with E-state index >= 15 is 0 Å². The van der Waals surface area contributed by atoms with Gasteiger partial charge in [-0.05, 0) is 38.3 Å². The summed E-state index contributed by atoms with van der Waals surface area (Å²) in [6.45, 7) is 4.82. The average Bonchev–Trinajstić information content (AvgIpc) is 3.32. The lowest BCUT2D eigenvalue weighted by molar-refractivity contribution is 0.0706. The maximum absolute atomic E-state index is 13.1. The molecule has 2 aromatic heterocycles. The maximum atomic E-state index is 13.1. The van der Waals surface area contributed by atoms with Gasteiger partial charge in [-0.1, -0.05) is 6.07 Å². The van der Waals surface area contributed by atoms with Gasteiger partial charge < -0.3 is 10.0 Å². The van der Waals surface area contributed by atoms with E-state index in [0.29, 0.717) is 24.6 Å². The topological polar surface area (TPSA) is 71.2 Å². The number of aromatic nitrogens is 3. The predicted molar refractivity (Wildman–Crippen MR) is 90.7 cm³/mol. The van der Waals surface area contributed by atoms with E-state index in [1.54, 1.807) is 23.5 Å². The van der Waals surface area contributed by atoms with Crippen molar-refractivity contribution in [2.75, 3.05) is 13.2 Å². The highest BCUT2D eigenvalue weighted by Gasteiger charge is 2.34. The number of aliphatic hydroxyl groups excluding tert-OH is 1. The summed E-state index contributed by atoms with van der Waals surface area (Å²) in [6, 6.07) is 4.01. The van der Waals surface area contributed by atoms with E-state index in [1.807, 2.05) is 16.8 Å². The summed E-state index contributed by atoms with van der Waals surface area (Å²) in [4.78, 5) is 18.8. The molecule has 6 nitrogen and oxygen atoms in total. The van der Waals surface area contributed by atoms with Gasteiger partial charge in [-0.25, -0.2) is 0 Å². The molecule has 1 saturated carbocycles. The molecule has 0 aliphatic heterocycles. The second-order valence-electron chi connectivity index (χ2n) is 6.57. The van der Waals surface area contributed by atoms with E-state index in [2.05, 4.69) is 23.9 Å². The van der Waals surface area contributed by atoms with Crippen LogP contribution < -0.4 is 0 Å². The summed E-state index contributed by atoms with van der Waals surface area (Å²) in [5.74, 6) is 0.366. The third-order valence-electron chi connectivity index (χ3n) is 4.27. The van der Waals surface area contributed by atoms with Gasteiger partial charge in [0.05, 0.1) is 24.1 Å². The average molecular weight is 328 g/mol. The highest BCUT2D eigenvalue weighted by atomic mass is 16.3. The molecular weight excluding hydrogens is 304 g/mol. The molecule has 0 unspecified atom stereocenters. The molecule has 0 bridgehead atoms. The van der Waals surface area contributed by atoms with Crippen LogP contribution in [-0.4, -0.2) is 43.8 Å². The zero-order valence-corrected chi connectivity index (χ0v) is 14.2. The fraction of sp³-hybridized carbons (Fsp3) is 0.500. The van der Waals surface area contributed by atoms with Crippen molar-refractivity contribution in [2.24, 2.45) is 0 Å². The molecule has 24 heavy (non-hydrogen) atoms. The zero-order valence-electron chi connectivity index (χ0n) is 14.2. The Morgan fingerprint density at radius 2 is 2.21 bits per heavy atom. The largest absolute Gasteiger partial charge is 0.395 e. The van der Waals surface area contributed by atoms with E-state index in [1.165, 1.54) is 0 Å². The molecule has 1 aliphatic rings. The van der Waals surface area contributed by atoms with E-state index in [0.717, 1.165) is 24.1 Å². The number of carbonyl (C=O) groups is 1. The Balaban J connectivity index is 1.87. The van der Waals surface area contributed by atoms with Crippen LogP contribution in [0.2, 0.25) is 0 Å². The summed E-state index contributed by atoms with van der Waals surface area (Å²) in [7, 11) is 0. The number of hydrogen-bond acceptors (Lipinski definition) is 4. The first-order chi connectivity index (χ1) is 11.6. The lowest BCUT2D eigenvalue weighted by Crippen LogP contribution is -2.33. The molecule has 1 amide bonds. The summed E-state index contributed by atoms with van der Waals surface area (Å²) < 4.78 is 1.96. The normalized spacial score (nSPS) is 14.2. The molecule has 6 heteroatoms. The summed E-state index contributed by atoms with van der Waals surface area (Å²) in [5.41, 5.74) is 2.66. The fourth-order valence-corrected chi connectivity index (χ4v) is 2.97. The van der Waals surface area contributed by atoms with Gasteiger partial charge in [0.25, 0.3) is 5.91 Å². The second kappa shape index (κ2) is 7.13. The van der Waals surface area contributed by atoms with Crippen LogP contribution in [0, 0.1) is 0 Å². The Kier molecular flexibility index (Phi) is 4.94. The first kappa shape index (κ1) is 16.6. The molecule has 1 aliphatic carbocycles. The number of nitrogens with zero attached hydrogens (tertiary/aromatic N) is 4. The molecule has 1 N–H and O–H groups in total. The Morgan fingerprint density at radius 1 is 1.42 bits per heavy atom. The SMILES string of the molecule is CC(C)n1ncc(C(=O)N(CCO)Cc2cccnc2)c1C1CC1. The van der Waals surface area contributed by atoms with Crippen molar-refractivity contribution in [3.63, 3.8) is 0 Å². The summed E-state index contributed by atoms with van der Waals surface area (Å²) in [6.07, 6.45) is 7.36. The number of carbonyl (C=O) groups excluding carboxylic acids is 1. The quantitative estimate of drug-likeness (QED) is 0.847. The molecule has 0 aromatic carbocycles. The summed E-state index contributed by atoms with van der Waals surface area (Å²) >= 11 is 0. The second-order valence-corrected chi connectivity index (χ2v) is 6.57. The van der Waals surface area contributed by atoms with Crippen molar-refractivity contribution in [1.29, 1.82) is 0 Å². The van der Waals surface area contributed by atoms with Crippen LogP contribution in [0.15, 0.2) is 30.7 Å². The van der Waals surface area contributed by atoms with Crippen LogP contribution in [0.5, 0.6) is 0 Å². The molecule has 2 aromatic rings.